The number of benzene rings is 1. The summed E-state index contributed by atoms with van der Waals surface area (Å²) in [4.78, 5) is 11.3. The number of carbonyl (C=O) groups is 1. The molecule has 0 bridgehead atoms. The average Bonchev–Trinajstić information content (AvgIpc) is 2.28. The van der Waals surface area contributed by atoms with Gasteiger partial charge >= 0.3 is 5.97 Å². The zero-order valence-electron chi connectivity index (χ0n) is 9.03. The molecule has 1 aliphatic heterocycles. The van der Waals surface area contributed by atoms with Gasteiger partial charge in [0.1, 0.15) is 0 Å². The molecule has 0 saturated heterocycles. The van der Waals surface area contributed by atoms with Crippen LogP contribution in [0.3, 0.4) is 0 Å². The smallest absolute Gasteiger partial charge is 0.333 e. The lowest BCUT2D eigenvalue weighted by molar-refractivity contribution is -0.140. The van der Waals surface area contributed by atoms with Crippen LogP contribution in [0.25, 0.3) is 5.70 Å². The van der Waals surface area contributed by atoms with Gasteiger partial charge in [0.2, 0.25) is 0 Å². The fourth-order valence-corrected chi connectivity index (χ4v) is 1.92. The topological polar surface area (TPSA) is 75.3 Å². The van der Waals surface area contributed by atoms with Gasteiger partial charge in [-0.05, 0) is 18.6 Å². The summed E-state index contributed by atoms with van der Waals surface area (Å²) < 4.78 is 0. The molecule has 1 atom stereocenters. The van der Waals surface area contributed by atoms with E-state index in [0.29, 0.717) is 12.1 Å². The molecule has 1 aliphatic rings. The van der Waals surface area contributed by atoms with E-state index in [1.165, 1.54) is 0 Å². The minimum atomic E-state index is -1.08. The summed E-state index contributed by atoms with van der Waals surface area (Å²) in [5, 5.41) is 12.3. The van der Waals surface area contributed by atoms with Crippen LogP contribution in [0.4, 0.5) is 5.69 Å². The van der Waals surface area contributed by atoms with Crippen LogP contribution in [-0.4, -0.2) is 16.6 Å². The van der Waals surface area contributed by atoms with Crippen molar-refractivity contribution in [2.45, 2.75) is 18.9 Å². The van der Waals surface area contributed by atoms with Gasteiger partial charge in [-0.2, -0.15) is 0 Å². The highest BCUT2D eigenvalue weighted by molar-refractivity contribution is 5.93. The Morgan fingerprint density at radius 2 is 2.19 bits per heavy atom. The van der Waals surface area contributed by atoms with Crippen LogP contribution in [0.15, 0.2) is 30.3 Å². The number of para-hydroxylation sites is 1. The van der Waals surface area contributed by atoms with Crippen molar-refractivity contribution in [2.75, 3.05) is 5.32 Å². The molecule has 0 radical (unpaired) electrons. The molecule has 0 saturated carbocycles. The maximum atomic E-state index is 11.3. The second kappa shape index (κ2) is 3.56. The van der Waals surface area contributed by atoms with Crippen LogP contribution in [-0.2, 0) is 4.79 Å². The van der Waals surface area contributed by atoms with Gasteiger partial charge < -0.3 is 16.2 Å². The van der Waals surface area contributed by atoms with Crippen LogP contribution in [0.1, 0.15) is 18.9 Å². The third-order valence-corrected chi connectivity index (χ3v) is 2.94. The second-order valence-electron chi connectivity index (χ2n) is 3.90. The van der Waals surface area contributed by atoms with E-state index in [1.807, 2.05) is 31.2 Å². The number of carboxylic acids is 1. The van der Waals surface area contributed by atoms with E-state index in [2.05, 4.69) is 5.32 Å². The van der Waals surface area contributed by atoms with Crippen molar-refractivity contribution in [3.63, 3.8) is 0 Å². The monoisotopic (exact) mass is 218 g/mol. The molecule has 16 heavy (non-hydrogen) atoms. The van der Waals surface area contributed by atoms with E-state index >= 15 is 0 Å². The molecule has 4 nitrogen and oxygen atoms in total. The molecule has 4 N–H and O–H groups in total. The van der Waals surface area contributed by atoms with E-state index in [4.69, 9.17) is 5.73 Å². The normalized spacial score (nSPS) is 22.9. The number of aliphatic carboxylic acids is 1. The first-order valence-corrected chi connectivity index (χ1v) is 5.18. The summed E-state index contributed by atoms with van der Waals surface area (Å²) in [7, 11) is 0. The van der Waals surface area contributed by atoms with Gasteiger partial charge in [0.25, 0.3) is 0 Å². The highest BCUT2D eigenvalue weighted by Crippen LogP contribution is 2.33. The first kappa shape index (κ1) is 10.5. The number of fused-ring (bicyclic) bond motifs is 1. The maximum absolute atomic E-state index is 11.3. The summed E-state index contributed by atoms with van der Waals surface area (Å²) in [6, 6.07) is 7.44. The molecule has 84 valence electrons. The number of carboxylic acid groups (broad SMARTS) is 1. The van der Waals surface area contributed by atoms with Gasteiger partial charge in [-0.15, -0.1) is 0 Å². The fourth-order valence-electron chi connectivity index (χ4n) is 1.92. The van der Waals surface area contributed by atoms with E-state index < -0.39 is 11.5 Å². The summed E-state index contributed by atoms with van der Waals surface area (Å²) in [6.07, 6.45) is 2.02. The van der Waals surface area contributed by atoms with Crippen molar-refractivity contribution in [2.24, 2.45) is 5.73 Å². The third-order valence-electron chi connectivity index (χ3n) is 2.94. The van der Waals surface area contributed by atoms with Crippen molar-refractivity contribution < 1.29 is 9.90 Å². The first-order chi connectivity index (χ1) is 7.59. The van der Waals surface area contributed by atoms with Crippen LogP contribution in [0.2, 0.25) is 0 Å². The molecular formula is C12H14N2O2. The van der Waals surface area contributed by atoms with Crippen molar-refractivity contribution >= 4 is 17.4 Å². The Hall–Kier alpha value is -1.97. The minimum absolute atomic E-state index is 0.442. The molecule has 0 aromatic heterocycles. The lowest BCUT2D eigenvalue weighted by Gasteiger charge is -2.32. The largest absolute Gasteiger partial charge is 0.479 e. The standard InChI is InChI=1S/C12H14N2O2/c1-2-12(11(15)16)7-9(13)8-5-3-4-6-10(8)14-12/h3-7,14H,2,13H2,1H3,(H,15,16). The number of nitrogens with two attached hydrogens (primary N) is 1. The molecule has 1 aromatic carbocycles. The Bertz CT molecular complexity index is 468. The summed E-state index contributed by atoms with van der Waals surface area (Å²) >= 11 is 0. The van der Waals surface area contributed by atoms with Crippen molar-refractivity contribution in [1.82, 2.24) is 0 Å². The van der Waals surface area contributed by atoms with Crippen LogP contribution >= 0.6 is 0 Å². The number of anilines is 1. The lowest BCUT2D eigenvalue weighted by Crippen LogP contribution is -2.46. The minimum Gasteiger partial charge on any atom is -0.479 e. The summed E-state index contributed by atoms with van der Waals surface area (Å²) in [5.74, 6) is -0.910. The highest BCUT2D eigenvalue weighted by Gasteiger charge is 2.38. The molecule has 1 aromatic rings. The lowest BCUT2D eigenvalue weighted by atomic mass is 9.89. The Morgan fingerprint density at radius 1 is 1.50 bits per heavy atom. The van der Waals surface area contributed by atoms with E-state index in [-0.39, 0.29) is 0 Å². The average molecular weight is 218 g/mol. The Labute approximate surface area is 93.8 Å². The van der Waals surface area contributed by atoms with E-state index in [0.717, 1.165) is 11.3 Å². The maximum Gasteiger partial charge on any atom is 0.333 e. The first-order valence-electron chi connectivity index (χ1n) is 5.18. The molecule has 0 spiro atoms. The molecule has 4 heteroatoms. The predicted octanol–water partition coefficient (Wildman–Crippen LogP) is 1.65. The quantitative estimate of drug-likeness (QED) is 0.705. The second-order valence-corrected chi connectivity index (χ2v) is 3.90. The number of hydrogen-bond donors (Lipinski definition) is 3. The van der Waals surface area contributed by atoms with Gasteiger partial charge in [-0.25, -0.2) is 4.79 Å². The van der Waals surface area contributed by atoms with E-state index in [1.54, 1.807) is 6.08 Å². The molecule has 1 heterocycles. The van der Waals surface area contributed by atoms with Crippen LogP contribution in [0, 0.1) is 0 Å². The molecule has 0 amide bonds. The van der Waals surface area contributed by atoms with Crippen LogP contribution < -0.4 is 11.1 Å². The fraction of sp³-hybridized carbons (Fsp3) is 0.250. The molecule has 0 fully saturated rings. The van der Waals surface area contributed by atoms with E-state index in [9.17, 15) is 9.90 Å². The molecule has 0 aliphatic carbocycles. The van der Waals surface area contributed by atoms with Gasteiger partial charge in [0.05, 0.1) is 0 Å². The zero-order valence-corrected chi connectivity index (χ0v) is 9.03. The highest BCUT2D eigenvalue weighted by atomic mass is 16.4. The van der Waals surface area contributed by atoms with Gasteiger partial charge in [-0.1, -0.05) is 25.1 Å². The van der Waals surface area contributed by atoms with Gasteiger partial charge in [0, 0.05) is 16.9 Å². The SMILES string of the molecule is CCC1(C(=O)O)C=C(N)c2ccccc2N1. The Balaban J connectivity index is 2.54. The zero-order chi connectivity index (χ0) is 11.8. The number of hydrogen-bond acceptors (Lipinski definition) is 3. The predicted molar refractivity (Wildman–Crippen MR) is 62.9 cm³/mol. The third kappa shape index (κ3) is 1.43. The molecule has 2 rings (SSSR count). The molecular weight excluding hydrogens is 204 g/mol. The van der Waals surface area contributed by atoms with Crippen molar-refractivity contribution in [3.8, 4) is 0 Å². The molecule has 1 unspecified atom stereocenters. The van der Waals surface area contributed by atoms with Crippen molar-refractivity contribution in [3.05, 3.63) is 35.9 Å². The van der Waals surface area contributed by atoms with Gasteiger partial charge in [-0.3, -0.25) is 0 Å². The number of rotatable bonds is 2. The van der Waals surface area contributed by atoms with Crippen molar-refractivity contribution in [1.29, 1.82) is 0 Å². The Kier molecular flexibility index (Phi) is 2.34. The summed E-state index contributed by atoms with van der Waals surface area (Å²) in [5.41, 5.74) is 6.95. The van der Waals surface area contributed by atoms with Gasteiger partial charge in [0.15, 0.2) is 5.54 Å². The number of nitrogens with one attached hydrogen (secondary N) is 1. The Morgan fingerprint density at radius 3 is 2.81 bits per heavy atom. The summed E-state index contributed by atoms with van der Waals surface area (Å²) in [6.45, 7) is 1.82. The van der Waals surface area contributed by atoms with Crippen LogP contribution in [0.5, 0.6) is 0 Å².